The van der Waals surface area contributed by atoms with Gasteiger partial charge in [-0.25, -0.2) is 30.7 Å². The van der Waals surface area contributed by atoms with E-state index >= 15 is 0 Å². The number of hydrogen-bond acceptors (Lipinski definition) is 0. The van der Waals surface area contributed by atoms with Gasteiger partial charge in [-0.3, -0.25) is 0 Å². The lowest BCUT2D eigenvalue weighted by Crippen LogP contribution is -1.98. The summed E-state index contributed by atoms with van der Waals surface area (Å²) in [6.07, 6.45) is 3.76. The molecule has 4 aromatic carbocycles. The third kappa shape index (κ3) is 5.08. The van der Waals surface area contributed by atoms with E-state index in [1.807, 2.05) is 0 Å². The molecule has 4 aromatic rings. The molecule has 184 valence electrons. The van der Waals surface area contributed by atoms with Crippen LogP contribution in [-0.2, 0) is 6.42 Å². The summed E-state index contributed by atoms with van der Waals surface area (Å²) in [6, 6.07) is 8.53. The third-order valence-corrected chi connectivity index (χ3v) is 5.80. The Hall–Kier alpha value is -3.79. The minimum absolute atomic E-state index is 0.0621. The van der Waals surface area contributed by atoms with E-state index < -0.39 is 57.1 Å². The molecule has 0 amide bonds. The Morgan fingerprint density at radius 3 is 2.03 bits per heavy atom. The van der Waals surface area contributed by atoms with Gasteiger partial charge in [0.2, 0.25) is 0 Å². The molecular weight excluding hydrogens is 481 g/mol. The first kappa shape index (κ1) is 25.3. The zero-order valence-electron chi connectivity index (χ0n) is 19.1. The van der Waals surface area contributed by atoms with Gasteiger partial charge in [-0.1, -0.05) is 37.7 Å². The first-order valence-electron chi connectivity index (χ1n) is 11.3. The fraction of sp³-hybridized carbons (Fsp3) is 0.172. The Morgan fingerprint density at radius 1 is 0.639 bits per heavy atom. The van der Waals surface area contributed by atoms with E-state index in [9.17, 15) is 30.7 Å². The van der Waals surface area contributed by atoms with E-state index in [0.717, 1.165) is 49.4 Å². The molecule has 0 saturated carbocycles. The smallest absolute Gasteiger partial charge is 0.195 e. The van der Waals surface area contributed by atoms with Crippen LogP contribution in [0.15, 0.2) is 48.5 Å². The Morgan fingerprint density at radius 2 is 1.36 bits per heavy atom. The largest absolute Gasteiger partial charge is 0.206 e. The average Bonchev–Trinajstić information content (AvgIpc) is 2.81. The minimum Gasteiger partial charge on any atom is -0.206 e. The summed E-state index contributed by atoms with van der Waals surface area (Å²) in [5, 5.41) is -1.24. The van der Waals surface area contributed by atoms with Gasteiger partial charge in [0.25, 0.3) is 0 Å². The predicted molar refractivity (Wildman–Crippen MR) is 125 cm³/mol. The summed E-state index contributed by atoms with van der Waals surface area (Å²) >= 11 is 0. The molecule has 36 heavy (non-hydrogen) atoms. The molecule has 0 N–H and O–H groups in total. The lowest BCUT2D eigenvalue weighted by atomic mass is 9.98. The van der Waals surface area contributed by atoms with Crippen molar-refractivity contribution in [3.05, 3.63) is 106 Å². The maximum absolute atomic E-state index is 14.8. The van der Waals surface area contributed by atoms with Crippen molar-refractivity contribution in [2.75, 3.05) is 0 Å². The molecule has 0 aromatic heterocycles. The molecule has 0 aliphatic rings. The maximum Gasteiger partial charge on any atom is 0.195 e. The molecule has 0 aliphatic carbocycles. The number of halogens is 7. The van der Waals surface area contributed by atoms with Crippen molar-refractivity contribution >= 4 is 10.8 Å². The molecular formula is C29H19F7. The molecule has 0 nitrogen and oxygen atoms in total. The summed E-state index contributed by atoms with van der Waals surface area (Å²) in [7, 11) is 0. The molecule has 0 heterocycles. The van der Waals surface area contributed by atoms with Crippen LogP contribution in [0.2, 0.25) is 0 Å². The Labute approximate surface area is 203 Å². The van der Waals surface area contributed by atoms with Crippen LogP contribution >= 0.6 is 0 Å². The zero-order valence-corrected chi connectivity index (χ0v) is 19.1. The van der Waals surface area contributed by atoms with Gasteiger partial charge in [-0.05, 0) is 71.8 Å². The normalized spacial score (nSPS) is 11.0. The summed E-state index contributed by atoms with van der Waals surface area (Å²) in [4.78, 5) is 0. The summed E-state index contributed by atoms with van der Waals surface area (Å²) in [5.41, 5.74) is -0.204. The van der Waals surface area contributed by atoms with Gasteiger partial charge in [0, 0.05) is 5.56 Å². The van der Waals surface area contributed by atoms with Gasteiger partial charge in [-0.15, -0.1) is 0 Å². The maximum atomic E-state index is 14.8. The molecule has 0 spiro atoms. The lowest BCUT2D eigenvalue weighted by molar-refractivity contribution is 0.451. The van der Waals surface area contributed by atoms with Crippen molar-refractivity contribution in [1.82, 2.24) is 0 Å². The van der Waals surface area contributed by atoms with Crippen LogP contribution in [0.3, 0.4) is 0 Å². The quantitative estimate of drug-likeness (QED) is 0.111. The number of rotatable bonds is 5. The van der Waals surface area contributed by atoms with E-state index in [1.54, 1.807) is 6.07 Å². The number of fused-ring (bicyclic) bond motifs is 1. The topological polar surface area (TPSA) is 0 Å². The van der Waals surface area contributed by atoms with Crippen LogP contribution < -0.4 is 0 Å². The highest BCUT2D eigenvalue weighted by Gasteiger charge is 2.20. The summed E-state index contributed by atoms with van der Waals surface area (Å²) < 4.78 is 99.6. The van der Waals surface area contributed by atoms with Crippen molar-refractivity contribution in [2.24, 2.45) is 0 Å². The van der Waals surface area contributed by atoms with E-state index in [1.165, 1.54) is 12.1 Å². The minimum atomic E-state index is -1.85. The second-order valence-electron chi connectivity index (χ2n) is 8.38. The van der Waals surface area contributed by atoms with Crippen LogP contribution in [0, 0.1) is 52.6 Å². The Kier molecular flexibility index (Phi) is 7.35. The van der Waals surface area contributed by atoms with E-state index in [4.69, 9.17) is 0 Å². The number of benzene rings is 4. The van der Waals surface area contributed by atoms with Gasteiger partial charge in [-0.2, -0.15) is 0 Å². The number of aryl methyl sites for hydroxylation is 1. The van der Waals surface area contributed by atoms with E-state index in [0.29, 0.717) is 12.1 Å². The number of hydrogen-bond donors (Lipinski definition) is 0. The third-order valence-electron chi connectivity index (χ3n) is 5.80. The molecule has 0 saturated heterocycles. The second-order valence-corrected chi connectivity index (χ2v) is 8.38. The van der Waals surface area contributed by atoms with Gasteiger partial charge in [0.1, 0.15) is 23.3 Å². The Balaban J connectivity index is 1.67. The van der Waals surface area contributed by atoms with Gasteiger partial charge in [0.15, 0.2) is 17.5 Å². The highest BCUT2D eigenvalue weighted by atomic mass is 19.2. The van der Waals surface area contributed by atoms with E-state index in [2.05, 4.69) is 18.8 Å². The molecule has 0 atom stereocenters. The molecule has 4 rings (SSSR count). The van der Waals surface area contributed by atoms with Crippen LogP contribution in [0.1, 0.15) is 42.9 Å². The van der Waals surface area contributed by atoms with Crippen LogP contribution in [0.4, 0.5) is 30.7 Å². The van der Waals surface area contributed by atoms with Gasteiger partial charge < -0.3 is 0 Å². The monoisotopic (exact) mass is 500 g/mol. The van der Waals surface area contributed by atoms with Gasteiger partial charge in [0.05, 0.1) is 16.5 Å². The van der Waals surface area contributed by atoms with E-state index in [-0.39, 0.29) is 16.7 Å². The standard InChI is InChI=1S/C29H19F7/c1-2-3-4-5-16-6-8-18(21(30)10-16)9-7-17-11-22(31)26(23(32)12-17)19-13-20-15-25(34)28(35)29(36)27(20)24(33)14-19/h6,8,10-15H,2-5H2,1H3. The fourth-order valence-electron chi connectivity index (χ4n) is 3.99. The highest BCUT2D eigenvalue weighted by molar-refractivity contribution is 5.89. The highest BCUT2D eigenvalue weighted by Crippen LogP contribution is 2.33. The molecule has 0 bridgehead atoms. The second kappa shape index (κ2) is 10.4. The first-order valence-corrected chi connectivity index (χ1v) is 11.3. The SMILES string of the molecule is CCCCCc1ccc(C#Cc2cc(F)c(-c3cc(F)c4c(F)c(F)c(F)cc4c3)c(F)c2)c(F)c1. The van der Waals surface area contributed by atoms with Crippen molar-refractivity contribution in [3.8, 4) is 23.0 Å². The van der Waals surface area contributed by atoms with Crippen molar-refractivity contribution < 1.29 is 30.7 Å². The van der Waals surface area contributed by atoms with Gasteiger partial charge >= 0.3 is 0 Å². The van der Waals surface area contributed by atoms with Crippen LogP contribution in [0.25, 0.3) is 21.9 Å². The molecule has 0 fully saturated rings. The molecule has 7 heteroatoms. The first-order chi connectivity index (χ1) is 17.2. The van der Waals surface area contributed by atoms with Crippen molar-refractivity contribution in [3.63, 3.8) is 0 Å². The zero-order chi connectivity index (χ0) is 26.0. The molecule has 0 aliphatic heterocycles. The van der Waals surface area contributed by atoms with Crippen LogP contribution in [0.5, 0.6) is 0 Å². The summed E-state index contributed by atoms with van der Waals surface area (Å²) in [6.45, 7) is 2.07. The summed E-state index contributed by atoms with van der Waals surface area (Å²) in [5.74, 6) is -4.18. The molecule has 0 radical (unpaired) electrons. The Bertz CT molecular complexity index is 1500. The fourth-order valence-corrected chi connectivity index (χ4v) is 3.99. The molecule has 0 unspecified atom stereocenters. The predicted octanol–water partition coefficient (Wildman–Crippen LogP) is 8.61. The average molecular weight is 500 g/mol. The lowest BCUT2D eigenvalue weighted by Gasteiger charge is -2.10. The van der Waals surface area contributed by atoms with Crippen molar-refractivity contribution in [1.29, 1.82) is 0 Å². The number of unbranched alkanes of at least 4 members (excludes halogenated alkanes) is 2. The van der Waals surface area contributed by atoms with Crippen LogP contribution in [-0.4, -0.2) is 0 Å². The van der Waals surface area contributed by atoms with Crippen molar-refractivity contribution in [2.45, 2.75) is 32.6 Å².